The van der Waals surface area contributed by atoms with Crippen molar-refractivity contribution >= 4 is 12.0 Å². The van der Waals surface area contributed by atoms with Gasteiger partial charge < -0.3 is 15.3 Å². The van der Waals surface area contributed by atoms with Gasteiger partial charge >= 0.3 is 12.0 Å². The number of aromatic carboxylic acids is 1. The first-order chi connectivity index (χ1) is 11.1. The molecule has 0 aromatic heterocycles. The molecule has 0 radical (unpaired) electrons. The van der Waals surface area contributed by atoms with Gasteiger partial charge in [-0.2, -0.15) is 0 Å². The minimum atomic E-state index is -0.897. The molecule has 1 atom stereocenters. The molecule has 5 nitrogen and oxygen atoms in total. The zero-order chi connectivity index (χ0) is 16.7. The lowest BCUT2D eigenvalue weighted by Gasteiger charge is -2.17. The second-order valence-corrected chi connectivity index (χ2v) is 6.25. The molecule has 1 aromatic carbocycles. The van der Waals surface area contributed by atoms with E-state index in [4.69, 9.17) is 5.11 Å². The summed E-state index contributed by atoms with van der Waals surface area (Å²) < 4.78 is 0. The molecule has 1 aliphatic rings. The van der Waals surface area contributed by atoms with E-state index in [-0.39, 0.29) is 6.03 Å². The van der Waals surface area contributed by atoms with E-state index in [1.54, 1.807) is 18.2 Å². The van der Waals surface area contributed by atoms with E-state index in [9.17, 15) is 9.59 Å². The van der Waals surface area contributed by atoms with Crippen molar-refractivity contribution in [2.24, 2.45) is 5.92 Å². The normalized spacial score (nSPS) is 17.3. The number of carboxylic acid groups (broad SMARTS) is 1. The van der Waals surface area contributed by atoms with Gasteiger partial charge in [-0.15, -0.1) is 0 Å². The Morgan fingerprint density at radius 3 is 2.91 bits per heavy atom. The fraction of sp³-hybridized carbons (Fsp3) is 0.556. The monoisotopic (exact) mass is 318 g/mol. The number of hydrogen-bond acceptors (Lipinski definition) is 2. The summed E-state index contributed by atoms with van der Waals surface area (Å²) in [5.41, 5.74) is 1.35. The number of carbonyl (C=O) groups is 2. The molecule has 1 heterocycles. The molecule has 1 aromatic rings. The Bertz CT molecular complexity index is 545. The first kappa shape index (κ1) is 17.3. The summed E-state index contributed by atoms with van der Waals surface area (Å²) in [4.78, 5) is 25.0. The van der Waals surface area contributed by atoms with Gasteiger partial charge in [0.15, 0.2) is 0 Å². The Morgan fingerprint density at radius 1 is 1.35 bits per heavy atom. The van der Waals surface area contributed by atoms with Crippen molar-refractivity contribution in [3.05, 3.63) is 35.4 Å². The number of rotatable bonds is 7. The average molecular weight is 318 g/mol. The molecule has 126 valence electrons. The lowest BCUT2D eigenvalue weighted by atomic mass is 9.97. The lowest BCUT2D eigenvalue weighted by molar-refractivity contribution is 0.0696. The van der Waals surface area contributed by atoms with E-state index < -0.39 is 5.97 Å². The molecule has 2 N–H and O–H groups in total. The molecule has 23 heavy (non-hydrogen) atoms. The SMILES string of the molecule is CCCCCNC(=O)N1CCC(Cc2cccc(C(=O)O)c2)C1. The van der Waals surface area contributed by atoms with Crippen LogP contribution in [0.1, 0.15) is 48.5 Å². The van der Waals surface area contributed by atoms with Gasteiger partial charge in [0.05, 0.1) is 5.56 Å². The van der Waals surface area contributed by atoms with Crippen LogP contribution >= 0.6 is 0 Å². The van der Waals surface area contributed by atoms with E-state index in [1.165, 1.54) is 0 Å². The number of benzene rings is 1. The Morgan fingerprint density at radius 2 is 2.17 bits per heavy atom. The van der Waals surface area contributed by atoms with Crippen LogP contribution in [0.15, 0.2) is 24.3 Å². The second-order valence-electron chi connectivity index (χ2n) is 6.25. The Labute approximate surface area is 137 Å². The molecule has 0 saturated carbocycles. The van der Waals surface area contributed by atoms with Crippen molar-refractivity contribution in [3.63, 3.8) is 0 Å². The summed E-state index contributed by atoms with van der Waals surface area (Å²) in [7, 11) is 0. The number of carbonyl (C=O) groups excluding carboxylic acids is 1. The Kier molecular flexibility index (Phi) is 6.44. The van der Waals surface area contributed by atoms with Gasteiger partial charge in [-0.25, -0.2) is 9.59 Å². The van der Waals surface area contributed by atoms with E-state index in [1.807, 2.05) is 11.0 Å². The quantitative estimate of drug-likeness (QED) is 0.759. The molecule has 2 amide bonds. The third kappa shape index (κ3) is 5.27. The van der Waals surface area contributed by atoms with Gasteiger partial charge in [0, 0.05) is 19.6 Å². The summed E-state index contributed by atoms with van der Waals surface area (Å²) in [6.07, 6.45) is 5.11. The number of unbranched alkanes of at least 4 members (excludes halogenated alkanes) is 2. The topological polar surface area (TPSA) is 69.6 Å². The van der Waals surface area contributed by atoms with Crippen LogP contribution in [0, 0.1) is 5.92 Å². The number of nitrogens with one attached hydrogen (secondary N) is 1. The summed E-state index contributed by atoms with van der Waals surface area (Å²) >= 11 is 0. The predicted molar refractivity (Wildman–Crippen MR) is 89.7 cm³/mol. The maximum atomic E-state index is 12.1. The van der Waals surface area contributed by atoms with Crippen molar-refractivity contribution in [3.8, 4) is 0 Å². The molecular weight excluding hydrogens is 292 g/mol. The van der Waals surface area contributed by atoms with Crippen molar-refractivity contribution in [2.45, 2.75) is 39.0 Å². The fourth-order valence-corrected chi connectivity index (χ4v) is 3.03. The molecule has 1 saturated heterocycles. The number of urea groups is 1. The summed E-state index contributed by atoms with van der Waals surface area (Å²) in [5.74, 6) is -0.494. The number of carboxylic acids is 1. The summed E-state index contributed by atoms with van der Waals surface area (Å²) in [6, 6.07) is 7.11. The molecule has 2 rings (SSSR count). The van der Waals surface area contributed by atoms with E-state index in [0.29, 0.717) is 11.5 Å². The van der Waals surface area contributed by atoms with Crippen LogP contribution in [-0.4, -0.2) is 41.6 Å². The van der Waals surface area contributed by atoms with Crippen LogP contribution in [0.25, 0.3) is 0 Å². The van der Waals surface area contributed by atoms with Gasteiger partial charge in [0.1, 0.15) is 0 Å². The summed E-state index contributed by atoms with van der Waals surface area (Å²) in [5, 5.41) is 12.0. The van der Waals surface area contributed by atoms with Crippen LogP contribution < -0.4 is 5.32 Å². The molecule has 0 aliphatic carbocycles. The minimum absolute atomic E-state index is 0.0305. The van der Waals surface area contributed by atoms with Gasteiger partial charge in [-0.3, -0.25) is 0 Å². The first-order valence-electron chi connectivity index (χ1n) is 8.45. The van der Waals surface area contributed by atoms with Crippen molar-refractivity contribution in [1.82, 2.24) is 10.2 Å². The summed E-state index contributed by atoms with van der Waals surface area (Å²) in [6.45, 7) is 4.42. The average Bonchev–Trinajstić information content (AvgIpc) is 3.00. The molecule has 1 unspecified atom stereocenters. The Balaban J connectivity index is 1.80. The first-order valence-corrected chi connectivity index (χ1v) is 8.45. The van der Waals surface area contributed by atoms with Crippen LogP contribution in [-0.2, 0) is 6.42 Å². The van der Waals surface area contributed by atoms with E-state index in [0.717, 1.165) is 57.3 Å². The van der Waals surface area contributed by atoms with Crippen LogP contribution in [0.2, 0.25) is 0 Å². The third-order valence-electron chi connectivity index (χ3n) is 4.33. The number of nitrogens with zero attached hydrogens (tertiary/aromatic N) is 1. The highest BCUT2D eigenvalue weighted by Gasteiger charge is 2.26. The van der Waals surface area contributed by atoms with Crippen molar-refractivity contribution in [1.29, 1.82) is 0 Å². The smallest absolute Gasteiger partial charge is 0.335 e. The molecule has 1 fully saturated rings. The highest BCUT2D eigenvalue weighted by atomic mass is 16.4. The van der Waals surface area contributed by atoms with Crippen LogP contribution in [0.5, 0.6) is 0 Å². The van der Waals surface area contributed by atoms with E-state index >= 15 is 0 Å². The zero-order valence-electron chi connectivity index (χ0n) is 13.8. The highest BCUT2D eigenvalue weighted by Crippen LogP contribution is 2.21. The molecule has 0 bridgehead atoms. The van der Waals surface area contributed by atoms with Gasteiger partial charge in [0.2, 0.25) is 0 Å². The standard InChI is InChI=1S/C18H26N2O3/c1-2-3-4-9-19-18(23)20-10-8-15(13-20)11-14-6-5-7-16(12-14)17(21)22/h5-7,12,15H,2-4,8-11,13H2,1H3,(H,19,23)(H,21,22). The van der Waals surface area contributed by atoms with Gasteiger partial charge in [-0.05, 0) is 42.9 Å². The Hall–Kier alpha value is -2.04. The fourth-order valence-electron chi connectivity index (χ4n) is 3.03. The van der Waals surface area contributed by atoms with Crippen molar-refractivity contribution in [2.75, 3.05) is 19.6 Å². The molecule has 5 heteroatoms. The number of amides is 2. The molecule has 0 spiro atoms. The number of hydrogen-bond donors (Lipinski definition) is 2. The lowest BCUT2D eigenvalue weighted by Crippen LogP contribution is -2.39. The second kappa shape index (κ2) is 8.56. The third-order valence-corrected chi connectivity index (χ3v) is 4.33. The minimum Gasteiger partial charge on any atom is -0.478 e. The highest BCUT2D eigenvalue weighted by molar-refractivity contribution is 5.87. The maximum Gasteiger partial charge on any atom is 0.335 e. The maximum absolute atomic E-state index is 12.1. The molecule has 1 aliphatic heterocycles. The molecular formula is C18H26N2O3. The van der Waals surface area contributed by atoms with Crippen molar-refractivity contribution < 1.29 is 14.7 Å². The van der Waals surface area contributed by atoms with Crippen LogP contribution in [0.4, 0.5) is 4.79 Å². The largest absolute Gasteiger partial charge is 0.478 e. The van der Waals surface area contributed by atoms with E-state index in [2.05, 4.69) is 12.2 Å². The van der Waals surface area contributed by atoms with Gasteiger partial charge in [0.25, 0.3) is 0 Å². The predicted octanol–water partition coefficient (Wildman–Crippen LogP) is 3.15. The zero-order valence-corrected chi connectivity index (χ0v) is 13.8. The van der Waals surface area contributed by atoms with Gasteiger partial charge in [-0.1, -0.05) is 31.9 Å². The van der Waals surface area contributed by atoms with Crippen LogP contribution in [0.3, 0.4) is 0 Å². The number of likely N-dealkylation sites (tertiary alicyclic amines) is 1.